The lowest BCUT2D eigenvalue weighted by Gasteiger charge is -2.10. The van der Waals surface area contributed by atoms with Crippen LogP contribution in [-0.2, 0) is 9.47 Å². The third-order valence-corrected chi connectivity index (χ3v) is 1.47. The topological polar surface area (TPSA) is 38.7 Å². The third kappa shape index (κ3) is 7.98. The Hall–Kier alpha value is -0.120. The number of ether oxygens (including phenoxy) is 2. The second kappa shape index (κ2) is 8.97. The van der Waals surface area contributed by atoms with Gasteiger partial charge in [-0.05, 0) is 13.3 Å². The molecule has 0 aromatic heterocycles. The van der Waals surface area contributed by atoms with Crippen LogP contribution in [0.5, 0.6) is 0 Å². The molecule has 0 spiro atoms. The lowest BCUT2D eigenvalue weighted by molar-refractivity contribution is -0.0165. The summed E-state index contributed by atoms with van der Waals surface area (Å²) in [7, 11) is 0. The van der Waals surface area contributed by atoms with Gasteiger partial charge in [0.1, 0.15) is 6.10 Å². The normalized spacial score (nSPS) is 13.2. The van der Waals surface area contributed by atoms with Crippen molar-refractivity contribution in [3.05, 3.63) is 0 Å². The second-order valence-corrected chi connectivity index (χ2v) is 2.74. The molecule has 0 saturated heterocycles. The molecule has 0 aromatic rings. The van der Waals surface area contributed by atoms with Crippen LogP contribution in [0.4, 0.5) is 0 Å². The van der Waals surface area contributed by atoms with Gasteiger partial charge in [-0.15, -0.1) is 0 Å². The third-order valence-electron chi connectivity index (χ3n) is 1.47. The molecule has 3 heteroatoms. The molecule has 3 nitrogen and oxygen atoms in total. The summed E-state index contributed by atoms with van der Waals surface area (Å²) >= 11 is 0. The van der Waals surface area contributed by atoms with Crippen LogP contribution < -0.4 is 0 Å². The summed E-state index contributed by atoms with van der Waals surface area (Å²) in [6.45, 7) is 6.17. The molecular weight excluding hydrogens is 156 g/mol. The van der Waals surface area contributed by atoms with E-state index in [0.29, 0.717) is 19.8 Å². The molecule has 1 N–H and O–H groups in total. The molecular formula is C9H20O3. The Kier molecular flexibility index (Phi) is 8.88. The Morgan fingerprint density at radius 3 is 2.42 bits per heavy atom. The van der Waals surface area contributed by atoms with Gasteiger partial charge >= 0.3 is 0 Å². The van der Waals surface area contributed by atoms with Crippen LogP contribution in [0, 0.1) is 0 Å². The Balaban J connectivity index is 3.02. The van der Waals surface area contributed by atoms with Crippen LogP contribution >= 0.6 is 0 Å². The second-order valence-electron chi connectivity index (χ2n) is 2.74. The standard InChI is InChI=1S/C9H20O3/c1-3-5-6-12-8-9(10)7-11-4-2/h9-10H,3-8H2,1-2H3/t9-/m0/s1. The van der Waals surface area contributed by atoms with Crippen molar-refractivity contribution < 1.29 is 14.6 Å². The highest BCUT2D eigenvalue weighted by Crippen LogP contribution is 1.91. The number of aliphatic hydroxyl groups excluding tert-OH is 1. The first-order valence-corrected chi connectivity index (χ1v) is 4.64. The Morgan fingerprint density at radius 1 is 1.17 bits per heavy atom. The molecule has 0 amide bonds. The number of unbranched alkanes of at least 4 members (excludes halogenated alkanes) is 1. The fourth-order valence-corrected chi connectivity index (χ4v) is 0.768. The van der Waals surface area contributed by atoms with Crippen molar-refractivity contribution in [2.75, 3.05) is 26.4 Å². The number of aliphatic hydroxyl groups is 1. The van der Waals surface area contributed by atoms with Crippen molar-refractivity contribution in [2.45, 2.75) is 32.8 Å². The van der Waals surface area contributed by atoms with Crippen LogP contribution in [0.2, 0.25) is 0 Å². The minimum Gasteiger partial charge on any atom is -0.388 e. The van der Waals surface area contributed by atoms with Crippen molar-refractivity contribution in [3.63, 3.8) is 0 Å². The van der Waals surface area contributed by atoms with Gasteiger partial charge in [-0.3, -0.25) is 0 Å². The molecule has 1 atom stereocenters. The summed E-state index contributed by atoms with van der Waals surface area (Å²) in [6.07, 6.45) is 1.71. The Bertz CT molecular complexity index is 85.8. The van der Waals surface area contributed by atoms with Gasteiger partial charge in [-0.25, -0.2) is 0 Å². The summed E-state index contributed by atoms with van der Waals surface area (Å²) in [5.41, 5.74) is 0. The highest BCUT2D eigenvalue weighted by molar-refractivity contribution is 4.50. The first-order chi connectivity index (χ1) is 5.81. The van der Waals surface area contributed by atoms with Crippen LogP contribution in [0.3, 0.4) is 0 Å². The Labute approximate surface area is 74.7 Å². The van der Waals surface area contributed by atoms with Crippen molar-refractivity contribution in [1.29, 1.82) is 0 Å². The van der Waals surface area contributed by atoms with Crippen molar-refractivity contribution in [2.24, 2.45) is 0 Å². The van der Waals surface area contributed by atoms with Gasteiger partial charge in [0, 0.05) is 13.2 Å². The van der Waals surface area contributed by atoms with E-state index in [-0.39, 0.29) is 0 Å². The van der Waals surface area contributed by atoms with E-state index in [1.165, 1.54) is 0 Å². The van der Waals surface area contributed by atoms with Gasteiger partial charge in [0.05, 0.1) is 13.2 Å². The van der Waals surface area contributed by atoms with Gasteiger partial charge in [0.15, 0.2) is 0 Å². The van der Waals surface area contributed by atoms with E-state index in [1.807, 2.05) is 6.92 Å². The molecule has 0 bridgehead atoms. The Morgan fingerprint density at radius 2 is 1.83 bits per heavy atom. The first-order valence-electron chi connectivity index (χ1n) is 4.64. The fourth-order valence-electron chi connectivity index (χ4n) is 0.768. The molecule has 0 unspecified atom stereocenters. The van der Waals surface area contributed by atoms with E-state index < -0.39 is 6.10 Å². The van der Waals surface area contributed by atoms with Crippen LogP contribution in [0.1, 0.15) is 26.7 Å². The molecule has 0 radical (unpaired) electrons. The molecule has 74 valence electrons. The van der Waals surface area contributed by atoms with Crippen molar-refractivity contribution >= 4 is 0 Å². The average molecular weight is 176 g/mol. The summed E-state index contributed by atoms with van der Waals surface area (Å²) in [6, 6.07) is 0. The van der Waals surface area contributed by atoms with Crippen LogP contribution in [-0.4, -0.2) is 37.6 Å². The minimum absolute atomic E-state index is 0.378. The van der Waals surface area contributed by atoms with Gasteiger partial charge < -0.3 is 14.6 Å². The highest BCUT2D eigenvalue weighted by atomic mass is 16.5. The highest BCUT2D eigenvalue weighted by Gasteiger charge is 2.02. The maximum Gasteiger partial charge on any atom is 0.101 e. The molecule has 0 heterocycles. The van der Waals surface area contributed by atoms with E-state index in [0.717, 1.165) is 19.4 Å². The van der Waals surface area contributed by atoms with E-state index >= 15 is 0 Å². The quantitative estimate of drug-likeness (QED) is 0.565. The molecule has 0 saturated carbocycles. The summed E-state index contributed by atoms with van der Waals surface area (Å²) in [5.74, 6) is 0. The lowest BCUT2D eigenvalue weighted by atomic mass is 10.3. The fraction of sp³-hybridized carbons (Fsp3) is 1.00. The van der Waals surface area contributed by atoms with Crippen LogP contribution in [0.25, 0.3) is 0 Å². The minimum atomic E-state index is -0.471. The predicted molar refractivity (Wildman–Crippen MR) is 48.2 cm³/mol. The van der Waals surface area contributed by atoms with E-state index in [9.17, 15) is 5.11 Å². The van der Waals surface area contributed by atoms with Crippen molar-refractivity contribution in [3.8, 4) is 0 Å². The largest absolute Gasteiger partial charge is 0.388 e. The monoisotopic (exact) mass is 176 g/mol. The number of hydrogen-bond donors (Lipinski definition) is 1. The molecule has 0 aliphatic carbocycles. The molecule has 0 aliphatic rings. The molecule has 0 fully saturated rings. The van der Waals surface area contributed by atoms with E-state index in [4.69, 9.17) is 9.47 Å². The molecule has 0 aliphatic heterocycles. The number of hydrogen-bond acceptors (Lipinski definition) is 3. The first kappa shape index (κ1) is 11.9. The SMILES string of the molecule is CCCCOC[C@@H](O)COCC. The molecule has 0 aromatic carbocycles. The van der Waals surface area contributed by atoms with Gasteiger partial charge in [-0.2, -0.15) is 0 Å². The molecule has 0 rings (SSSR count). The van der Waals surface area contributed by atoms with Gasteiger partial charge in [0.25, 0.3) is 0 Å². The number of rotatable bonds is 8. The van der Waals surface area contributed by atoms with Gasteiger partial charge in [-0.1, -0.05) is 13.3 Å². The van der Waals surface area contributed by atoms with E-state index in [1.54, 1.807) is 0 Å². The van der Waals surface area contributed by atoms with Crippen molar-refractivity contribution in [1.82, 2.24) is 0 Å². The summed E-state index contributed by atoms with van der Waals surface area (Å²) < 4.78 is 10.2. The average Bonchev–Trinajstić information content (AvgIpc) is 2.09. The predicted octanol–water partition coefficient (Wildman–Crippen LogP) is 1.20. The maximum atomic E-state index is 9.23. The van der Waals surface area contributed by atoms with Crippen LogP contribution in [0.15, 0.2) is 0 Å². The summed E-state index contributed by atoms with van der Waals surface area (Å²) in [4.78, 5) is 0. The lowest BCUT2D eigenvalue weighted by Crippen LogP contribution is -2.21. The smallest absolute Gasteiger partial charge is 0.101 e. The van der Waals surface area contributed by atoms with Gasteiger partial charge in [0.2, 0.25) is 0 Å². The summed E-state index contributed by atoms with van der Waals surface area (Å²) in [5, 5.41) is 9.23. The molecule has 12 heavy (non-hydrogen) atoms. The zero-order chi connectivity index (χ0) is 9.23. The zero-order valence-electron chi connectivity index (χ0n) is 8.08. The zero-order valence-corrected chi connectivity index (χ0v) is 8.08. The maximum absolute atomic E-state index is 9.23. The van der Waals surface area contributed by atoms with E-state index in [2.05, 4.69) is 6.92 Å².